The van der Waals surface area contributed by atoms with Crippen molar-refractivity contribution in [2.45, 2.75) is 18.7 Å². The number of amides is 1. The van der Waals surface area contributed by atoms with Gasteiger partial charge in [-0.3, -0.25) is 4.79 Å². The van der Waals surface area contributed by atoms with E-state index in [1.807, 2.05) is 0 Å². The summed E-state index contributed by atoms with van der Waals surface area (Å²) in [5, 5.41) is 6.26. The third-order valence-electron chi connectivity index (χ3n) is 3.81. The van der Waals surface area contributed by atoms with Gasteiger partial charge in [0.2, 0.25) is 27.6 Å². The Kier molecular flexibility index (Phi) is 5.52. The van der Waals surface area contributed by atoms with Crippen LogP contribution in [0.5, 0.6) is 0 Å². The largest absolute Gasteiger partial charge is 0.339 e. The monoisotopic (exact) mass is 404 g/mol. The first-order valence-electron chi connectivity index (χ1n) is 8.21. The van der Waals surface area contributed by atoms with Gasteiger partial charge in [0.25, 0.3) is 0 Å². The van der Waals surface area contributed by atoms with Crippen LogP contribution in [0.1, 0.15) is 11.5 Å². The summed E-state index contributed by atoms with van der Waals surface area (Å²) in [6, 6.07) is 9.85. The van der Waals surface area contributed by atoms with Crippen molar-refractivity contribution in [3.8, 4) is 11.4 Å². The fourth-order valence-electron chi connectivity index (χ4n) is 2.42. The van der Waals surface area contributed by atoms with E-state index in [0.717, 1.165) is 0 Å². The second-order valence-electron chi connectivity index (χ2n) is 6.00. The van der Waals surface area contributed by atoms with Crippen molar-refractivity contribution in [2.24, 2.45) is 0 Å². The van der Waals surface area contributed by atoms with E-state index in [1.54, 1.807) is 26.0 Å². The zero-order chi connectivity index (χ0) is 20.3. The van der Waals surface area contributed by atoms with Crippen LogP contribution in [0.3, 0.4) is 0 Å². The van der Waals surface area contributed by atoms with Crippen molar-refractivity contribution in [2.75, 3.05) is 11.9 Å². The molecule has 0 atom stereocenters. The molecule has 1 heterocycles. The van der Waals surface area contributed by atoms with Crippen molar-refractivity contribution < 1.29 is 22.1 Å². The van der Waals surface area contributed by atoms with Gasteiger partial charge < -0.3 is 9.84 Å². The number of hydrogen-bond acceptors (Lipinski definition) is 6. The van der Waals surface area contributed by atoms with E-state index in [2.05, 4.69) is 20.2 Å². The Bertz CT molecular complexity index is 1110. The number of carbonyl (C=O) groups is 1. The Labute approximate surface area is 160 Å². The molecule has 3 rings (SSSR count). The molecule has 8 nitrogen and oxygen atoms in total. The molecule has 0 radical (unpaired) electrons. The van der Waals surface area contributed by atoms with E-state index < -0.39 is 28.3 Å². The van der Waals surface area contributed by atoms with Gasteiger partial charge in [0.15, 0.2) is 0 Å². The molecule has 0 bridgehead atoms. The number of halogens is 1. The Hall–Kier alpha value is -3.11. The maximum absolute atomic E-state index is 12.9. The Morgan fingerprint density at radius 2 is 1.86 bits per heavy atom. The third-order valence-corrected chi connectivity index (χ3v) is 5.36. The maximum atomic E-state index is 12.9. The number of aromatic nitrogens is 2. The summed E-state index contributed by atoms with van der Waals surface area (Å²) in [6.45, 7) is 2.78. The lowest BCUT2D eigenvalue weighted by Gasteiger charge is -2.11. The minimum Gasteiger partial charge on any atom is -0.339 e. The van der Waals surface area contributed by atoms with Gasteiger partial charge in [-0.05, 0) is 42.8 Å². The molecule has 0 fully saturated rings. The molecular weight excluding hydrogens is 387 g/mol. The number of carbonyl (C=O) groups excluding carboxylic acids is 1. The molecule has 0 aliphatic rings. The van der Waals surface area contributed by atoms with Crippen LogP contribution >= 0.6 is 0 Å². The summed E-state index contributed by atoms with van der Waals surface area (Å²) in [5.41, 5.74) is 1.32. The third kappa shape index (κ3) is 4.59. The highest BCUT2D eigenvalue weighted by Gasteiger charge is 2.20. The van der Waals surface area contributed by atoms with Gasteiger partial charge in [0, 0.05) is 18.2 Å². The number of nitrogens with zero attached hydrogens (tertiary/aromatic N) is 2. The van der Waals surface area contributed by atoms with Gasteiger partial charge in [-0.2, -0.15) is 4.98 Å². The molecule has 2 aromatic carbocycles. The summed E-state index contributed by atoms with van der Waals surface area (Å²) < 4.78 is 45.3. The fourth-order valence-corrected chi connectivity index (χ4v) is 3.67. The van der Waals surface area contributed by atoms with E-state index in [4.69, 9.17) is 4.52 Å². The van der Waals surface area contributed by atoms with Crippen molar-refractivity contribution in [3.05, 3.63) is 59.7 Å². The van der Waals surface area contributed by atoms with Crippen LogP contribution in [0.25, 0.3) is 11.4 Å². The van der Waals surface area contributed by atoms with Crippen molar-refractivity contribution in [1.29, 1.82) is 0 Å². The maximum Gasteiger partial charge on any atom is 0.241 e. The molecule has 28 heavy (non-hydrogen) atoms. The second kappa shape index (κ2) is 7.87. The van der Waals surface area contributed by atoms with E-state index in [9.17, 15) is 17.6 Å². The number of anilines is 1. The Balaban J connectivity index is 1.73. The second-order valence-corrected chi connectivity index (χ2v) is 7.73. The molecule has 1 aromatic heterocycles. The zero-order valence-corrected chi connectivity index (χ0v) is 15.9. The van der Waals surface area contributed by atoms with Crippen LogP contribution in [-0.2, 0) is 14.8 Å². The molecule has 0 saturated heterocycles. The predicted octanol–water partition coefficient (Wildman–Crippen LogP) is 2.41. The first-order valence-corrected chi connectivity index (χ1v) is 9.69. The SMILES string of the molecule is Cc1nc(-c2ccc(C)c(S(=O)(=O)NCC(=O)Nc3ccc(F)cc3)c2)no1. The standard InChI is InChI=1S/C18H17FN4O4S/c1-11-3-4-13(18-21-12(2)27-23-18)9-16(11)28(25,26)20-10-17(24)22-15-7-5-14(19)6-8-15/h3-9,20H,10H2,1-2H3,(H,22,24). The first-order chi connectivity index (χ1) is 13.2. The number of benzene rings is 2. The molecule has 1 amide bonds. The average molecular weight is 404 g/mol. The minimum absolute atomic E-state index is 0.00188. The highest BCUT2D eigenvalue weighted by atomic mass is 32.2. The van der Waals surface area contributed by atoms with Crippen LogP contribution in [0.4, 0.5) is 10.1 Å². The van der Waals surface area contributed by atoms with Crippen LogP contribution in [0.15, 0.2) is 51.9 Å². The van der Waals surface area contributed by atoms with Gasteiger partial charge in [0.05, 0.1) is 11.4 Å². The highest BCUT2D eigenvalue weighted by Crippen LogP contribution is 2.23. The lowest BCUT2D eigenvalue weighted by atomic mass is 10.1. The first kappa shape index (κ1) is 19.6. The summed E-state index contributed by atoms with van der Waals surface area (Å²) in [5.74, 6) is -0.401. The molecule has 3 aromatic rings. The molecule has 2 N–H and O–H groups in total. The van der Waals surface area contributed by atoms with E-state index >= 15 is 0 Å². The molecule has 0 aliphatic carbocycles. The zero-order valence-electron chi connectivity index (χ0n) is 15.1. The van der Waals surface area contributed by atoms with Crippen LogP contribution in [-0.4, -0.2) is 31.0 Å². The molecule has 0 unspecified atom stereocenters. The molecule has 10 heteroatoms. The van der Waals surface area contributed by atoms with E-state index in [1.165, 1.54) is 30.3 Å². The van der Waals surface area contributed by atoms with Crippen LogP contribution in [0, 0.1) is 19.7 Å². The lowest BCUT2D eigenvalue weighted by molar-refractivity contribution is -0.115. The number of aryl methyl sites for hydroxylation is 2. The molecule has 0 aliphatic heterocycles. The van der Waals surface area contributed by atoms with Gasteiger partial charge in [-0.15, -0.1) is 0 Å². The number of nitrogens with one attached hydrogen (secondary N) is 2. The van der Waals surface area contributed by atoms with Gasteiger partial charge >= 0.3 is 0 Å². The predicted molar refractivity (Wildman–Crippen MR) is 99.4 cm³/mol. The molecule has 0 spiro atoms. The smallest absolute Gasteiger partial charge is 0.241 e. The number of rotatable bonds is 6. The molecule has 146 valence electrons. The van der Waals surface area contributed by atoms with Crippen LogP contribution < -0.4 is 10.0 Å². The highest BCUT2D eigenvalue weighted by molar-refractivity contribution is 7.89. The number of hydrogen-bond donors (Lipinski definition) is 2. The van der Waals surface area contributed by atoms with Gasteiger partial charge in [-0.1, -0.05) is 17.3 Å². The summed E-state index contributed by atoms with van der Waals surface area (Å²) in [6.07, 6.45) is 0. The van der Waals surface area contributed by atoms with Crippen LogP contribution in [0.2, 0.25) is 0 Å². The lowest BCUT2D eigenvalue weighted by Crippen LogP contribution is -2.33. The van der Waals surface area contributed by atoms with E-state index in [-0.39, 0.29) is 10.7 Å². The van der Waals surface area contributed by atoms with Crippen molar-refractivity contribution in [3.63, 3.8) is 0 Å². The Morgan fingerprint density at radius 3 is 2.50 bits per heavy atom. The van der Waals surface area contributed by atoms with Gasteiger partial charge in [-0.25, -0.2) is 17.5 Å². The fraction of sp³-hybridized carbons (Fsp3) is 0.167. The van der Waals surface area contributed by atoms with Crippen molar-refractivity contribution in [1.82, 2.24) is 14.9 Å². The minimum atomic E-state index is -3.97. The summed E-state index contributed by atoms with van der Waals surface area (Å²) >= 11 is 0. The summed E-state index contributed by atoms with van der Waals surface area (Å²) in [4.78, 5) is 16.1. The quantitative estimate of drug-likeness (QED) is 0.652. The Morgan fingerprint density at radius 1 is 1.14 bits per heavy atom. The van der Waals surface area contributed by atoms with Gasteiger partial charge in [0.1, 0.15) is 5.82 Å². The topological polar surface area (TPSA) is 114 Å². The number of sulfonamides is 1. The average Bonchev–Trinajstić information content (AvgIpc) is 3.09. The normalized spacial score (nSPS) is 11.4. The van der Waals surface area contributed by atoms with Crippen molar-refractivity contribution >= 4 is 21.6 Å². The molecule has 0 saturated carbocycles. The summed E-state index contributed by atoms with van der Waals surface area (Å²) in [7, 11) is -3.97. The molecular formula is C18H17FN4O4S. The van der Waals surface area contributed by atoms with E-state index in [0.29, 0.717) is 22.7 Å².